The van der Waals surface area contributed by atoms with Crippen molar-refractivity contribution in [1.29, 1.82) is 0 Å². The number of benzene rings is 1. The molecule has 1 saturated heterocycles. The summed E-state index contributed by atoms with van der Waals surface area (Å²) in [5, 5.41) is 0. The summed E-state index contributed by atoms with van der Waals surface area (Å²) in [5.41, 5.74) is 2.02. The molecule has 164 valence electrons. The topological polar surface area (TPSA) is 62.5 Å². The molecule has 0 bridgehead atoms. The van der Waals surface area contributed by atoms with Gasteiger partial charge in [0.15, 0.2) is 0 Å². The molecule has 4 rings (SSSR count). The first-order valence-corrected chi connectivity index (χ1v) is 10.9. The van der Waals surface area contributed by atoms with Crippen molar-refractivity contribution in [2.75, 3.05) is 0 Å². The molecule has 6 heteroatoms. The van der Waals surface area contributed by atoms with Crippen LogP contribution in [0.25, 0.3) is 0 Å². The molecule has 1 aliphatic carbocycles. The number of hydrogen-bond acceptors (Lipinski definition) is 4. The number of hydrogen-bond donors (Lipinski definition) is 0. The van der Waals surface area contributed by atoms with E-state index in [1.54, 1.807) is 17.7 Å². The summed E-state index contributed by atoms with van der Waals surface area (Å²) in [6.07, 6.45) is 8.65. The fourth-order valence-electron chi connectivity index (χ4n) is 4.26. The van der Waals surface area contributed by atoms with E-state index in [1.807, 2.05) is 43.3 Å². The van der Waals surface area contributed by atoms with Crippen LogP contribution < -0.4 is 11.2 Å². The van der Waals surface area contributed by atoms with E-state index >= 15 is 0 Å². The Labute approximate surface area is 182 Å². The predicted octanol–water partition coefficient (Wildman–Crippen LogP) is 3.73. The molecule has 4 unspecified atom stereocenters. The average Bonchev–Trinajstić information content (AvgIpc) is 3.13. The van der Waals surface area contributed by atoms with Crippen molar-refractivity contribution in [3.63, 3.8) is 0 Å². The van der Waals surface area contributed by atoms with Gasteiger partial charge in [0, 0.05) is 18.2 Å². The van der Waals surface area contributed by atoms with Crippen LogP contribution in [0.4, 0.5) is 0 Å². The average molecular weight is 423 g/mol. The lowest BCUT2D eigenvalue weighted by atomic mass is 9.98. The maximum absolute atomic E-state index is 13.2. The van der Waals surface area contributed by atoms with Gasteiger partial charge in [-0.05, 0) is 37.3 Å². The van der Waals surface area contributed by atoms with Gasteiger partial charge >= 0.3 is 5.69 Å². The van der Waals surface area contributed by atoms with Gasteiger partial charge in [-0.3, -0.25) is 13.9 Å². The van der Waals surface area contributed by atoms with Crippen LogP contribution in [0.1, 0.15) is 44.0 Å². The van der Waals surface area contributed by atoms with E-state index in [0.29, 0.717) is 24.5 Å². The summed E-state index contributed by atoms with van der Waals surface area (Å²) < 4.78 is 15.0. The minimum atomic E-state index is -0.455. The third-order valence-electron chi connectivity index (χ3n) is 5.99. The summed E-state index contributed by atoms with van der Waals surface area (Å²) in [4.78, 5) is 26.0. The highest BCUT2D eigenvalue weighted by molar-refractivity contribution is 5.24. The van der Waals surface area contributed by atoms with Crippen LogP contribution in [0, 0.1) is 12.8 Å². The van der Waals surface area contributed by atoms with Crippen molar-refractivity contribution in [3.8, 4) is 0 Å². The molecule has 2 aliphatic rings. The highest BCUT2D eigenvalue weighted by Gasteiger charge is 2.35. The van der Waals surface area contributed by atoms with Crippen LogP contribution in [0.15, 0.2) is 69.9 Å². The lowest BCUT2D eigenvalue weighted by Crippen LogP contribution is -2.42. The highest BCUT2D eigenvalue weighted by atomic mass is 16.6. The van der Waals surface area contributed by atoms with Gasteiger partial charge in [0.25, 0.3) is 5.56 Å². The number of rotatable bonds is 6. The fourth-order valence-corrected chi connectivity index (χ4v) is 4.26. The molecular weight excluding hydrogens is 392 g/mol. The zero-order valence-corrected chi connectivity index (χ0v) is 18.4. The second kappa shape index (κ2) is 9.20. The molecule has 0 saturated carbocycles. The maximum Gasteiger partial charge on any atom is 0.333 e. The number of ether oxygens (including phenoxy) is 2. The third kappa shape index (κ3) is 4.81. The third-order valence-corrected chi connectivity index (χ3v) is 5.99. The molecule has 1 aliphatic heterocycles. The van der Waals surface area contributed by atoms with Gasteiger partial charge in [0.2, 0.25) is 0 Å². The Kier molecular flexibility index (Phi) is 6.39. The summed E-state index contributed by atoms with van der Waals surface area (Å²) in [7, 11) is 0. The zero-order valence-electron chi connectivity index (χ0n) is 18.4. The molecule has 0 radical (unpaired) electrons. The van der Waals surface area contributed by atoms with E-state index in [9.17, 15) is 9.59 Å². The number of aryl methyl sites for hydroxylation is 1. The van der Waals surface area contributed by atoms with E-state index < -0.39 is 6.23 Å². The lowest BCUT2D eigenvalue weighted by molar-refractivity contribution is -0.0344. The molecule has 2 heterocycles. The molecule has 1 fully saturated rings. The Balaban J connectivity index is 1.54. The van der Waals surface area contributed by atoms with Gasteiger partial charge in [0.05, 0.1) is 25.4 Å². The Morgan fingerprint density at radius 3 is 2.68 bits per heavy atom. The van der Waals surface area contributed by atoms with Crippen LogP contribution in [0.2, 0.25) is 0 Å². The van der Waals surface area contributed by atoms with Gasteiger partial charge in [-0.25, -0.2) is 4.79 Å². The molecule has 0 spiro atoms. The highest BCUT2D eigenvalue weighted by Crippen LogP contribution is 2.30. The Hall–Kier alpha value is -2.70. The molecule has 0 N–H and O–H groups in total. The van der Waals surface area contributed by atoms with Crippen molar-refractivity contribution in [2.45, 2.75) is 65.2 Å². The van der Waals surface area contributed by atoms with Crippen molar-refractivity contribution in [1.82, 2.24) is 9.13 Å². The molecule has 1 aromatic heterocycles. The van der Waals surface area contributed by atoms with Crippen molar-refractivity contribution < 1.29 is 9.47 Å². The van der Waals surface area contributed by atoms with Crippen LogP contribution in [-0.4, -0.2) is 21.3 Å². The van der Waals surface area contributed by atoms with Crippen LogP contribution in [0.5, 0.6) is 0 Å². The number of aromatic nitrogens is 2. The smallest absolute Gasteiger partial charge is 0.333 e. The summed E-state index contributed by atoms with van der Waals surface area (Å²) in [6, 6.07) is 10.00. The van der Waals surface area contributed by atoms with Crippen LogP contribution >= 0.6 is 0 Å². The Morgan fingerprint density at radius 1 is 1.16 bits per heavy atom. The molecule has 1 aromatic carbocycles. The minimum absolute atomic E-state index is 0.123. The van der Waals surface area contributed by atoms with E-state index in [2.05, 4.69) is 19.1 Å². The predicted molar refractivity (Wildman–Crippen MR) is 120 cm³/mol. The van der Waals surface area contributed by atoms with Crippen LogP contribution in [-0.2, 0) is 22.6 Å². The first kappa shape index (κ1) is 21.5. The van der Waals surface area contributed by atoms with Gasteiger partial charge in [-0.15, -0.1) is 0 Å². The SMILES string of the molecule is Cc1cn(C2CC(OCc3ccccc3)C(C)O2)c(=O)n(CC2=CC(C)CC=C2)c1=O. The van der Waals surface area contributed by atoms with Gasteiger partial charge in [-0.2, -0.15) is 0 Å². The van der Waals surface area contributed by atoms with Crippen molar-refractivity contribution in [3.05, 3.63) is 92.3 Å². The molecule has 2 aromatic rings. The first-order valence-electron chi connectivity index (χ1n) is 10.9. The standard InChI is InChI=1S/C25H30N2O4/c1-17-8-7-11-21(12-17)15-27-24(28)18(2)14-26(25(27)29)23-13-22(19(3)31-23)30-16-20-9-5-4-6-10-20/h4-7,9-12,14,17,19,22-23H,8,13,15-16H2,1-3H3. The molecule has 4 atom stereocenters. The van der Waals surface area contributed by atoms with Gasteiger partial charge in [-0.1, -0.05) is 55.5 Å². The largest absolute Gasteiger partial charge is 0.371 e. The van der Waals surface area contributed by atoms with Crippen molar-refractivity contribution in [2.24, 2.45) is 5.92 Å². The van der Waals surface area contributed by atoms with Gasteiger partial charge < -0.3 is 9.47 Å². The van der Waals surface area contributed by atoms with E-state index in [1.165, 1.54) is 4.57 Å². The first-order chi connectivity index (χ1) is 14.9. The zero-order chi connectivity index (χ0) is 22.0. The second-order valence-corrected chi connectivity index (χ2v) is 8.62. The van der Waals surface area contributed by atoms with E-state index in [4.69, 9.17) is 9.47 Å². The van der Waals surface area contributed by atoms with Crippen molar-refractivity contribution >= 4 is 0 Å². The van der Waals surface area contributed by atoms with E-state index in [-0.39, 0.29) is 30.0 Å². The molecule has 0 amide bonds. The Bertz CT molecular complexity index is 1100. The number of allylic oxidation sites excluding steroid dienone is 4. The Morgan fingerprint density at radius 2 is 1.94 bits per heavy atom. The lowest BCUT2D eigenvalue weighted by Gasteiger charge is -2.18. The van der Waals surface area contributed by atoms with Gasteiger partial charge in [0.1, 0.15) is 6.23 Å². The normalized spacial score (nSPS) is 25.6. The summed E-state index contributed by atoms with van der Waals surface area (Å²) in [6.45, 7) is 6.60. The molecule has 6 nitrogen and oxygen atoms in total. The van der Waals surface area contributed by atoms with E-state index in [0.717, 1.165) is 17.6 Å². The maximum atomic E-state index is 13.2. The summed E-state index contributed by atoms with van der Waals surface area (Å²) >= 11 is 0. The summed E-state index contributed by atoms with van der Waals surface area (Å²) in [5.74, 6) is 0.407. The molecular formula is C25H30N2O4. The minimum Gasteiger partial charge on any atom is -0.371 e. The fraction of sp³-hybridized carbons (Fsp3) is 0.440. The molecule has 31 heavy (non-hydrogen) atoms. The monoisotopic (exact) mass is 422 g/mol. The quantitative estimate of drug-likeness (QED) is 0.712. The van der Waals surface area contributed by atoms with Crippen LogP contribution in [0.3, 0.4) is 0 Å². The number of nitrogens with zero attached hydrogens (tertiary/aromatic N) is 2. The second-order valence-electron chi connectivity index (χ2n) is 8.62.